The van der Waals surface area contributed by atoms with Crippen LogP contribution in [0.25, 0.3) is 10.1 Å². The van der Waals surface area contributed by atoms with Crippen molar-refractivity contribution < 1.29 is 0 Å². The average Bonchev–Trinajstić information content (AvgIpc) is 2.82. The second-order valence-corrected chi connectivity index (χ2v) is 6.37. The Morgan fingerprint density at radius 3 is 2.50 bits per heavy atom. The molecule has 0 aliphatic rings. The van der Waals surface area contributed by atoms with Gasteiger partial charge in [0, 0.05) is 8.27 Å². The quantitative estimate of drug-likeness (QED) is 0.663. The molecule has 3 rings (SSSR count). The summed E-state index contributed by atoms with van der Waals surface area (Å²) < 4.78 is 2.53. The van der Waals surface area contributed by atoms with Crippen LogP contribution in [0.1, 0.15) is 17.2 Å². The van der Waals surface area contributed by atoms with Gasteiger partial charge in [0.15, 0.2) is 0 Å². The van der Waals surface area contributed by atoms with Crippen molar-refractivity contribution in [1.82, 2.24) is 0 Å². The van der Waals surface area contributed by atoms with Gasteiger partial charge in [0.1, 0.15) is 0 Å². The second kappa shape index (κ2) is 4.99. The monoisotopic (exact) mass is 365 g/mol. The van der Waals surface area contributed by atoms with Gasteiger partial charge in [0.25, 0.3) is 0 Å². The van der Waals surface area contributed by atoms with Crippen LogP contribution in [0.5, 0.6) is 0 Å². The first-order valence-electron chi connectivity index (χ1n) is 5.73. The Labute approximate surface area is 124 Å². The van der Waals surface area contributed by atoms with Gasteiger partial charge in [0.2, 0.25) is 0 Å². The van der Waals surface area contributed by atoms with Gasteiger partial charge in [-0.2, -0.15) is 0 Å². The largest absolute Gasteiger partial charge is 0.320 e. The van der Waals surface area contributed by atoms with Gasteiger partial charge in [0.05, 0.1) is 6.04 Å². The molecule has 1 nitrogen and oxygen atoms in total. The zero-order valence-electron chi connectivity index (χ0n) is 9.64. The van der Waals surface area contributed by atoms with E-state index in [1.165, 1.54) is 24.8 Å². The molecule has 0 radical (unpaired) electrons. The second-order valence-electron chi connectivity index (χ2n) is 4.22. The standard InChI is InChI=1S/C15H12INS/c16-11-7-5-10(6-8-11)15(17)13-9-18-14-4-2-1-3-12(13)14/h1-9,15H,17H2. The molecule has 0 fully saturated rings. The number of benzene rings is 2. The van der Waals surface area contributed by atoms with Gasteiger partial charge >= 0.3 is 0 Å². The van der Waals surface area contributed by atoms with E-state index in [4.69, 9.17) is 5.73 Å². The van der Waals surface area contributed by atoms with Crippen LogP contribution in [-0.2, 0) is 0 Å². The fourth-order valence-corrected chi connectivity index (χ4v) is 3.45. The highest BCUT2D eigenvalue weighted by molar-refractivity contribution is 14.1. The summed E-state index contributed by atoms with van der Waals surface area (Å²) in [5.74, 6) is 0. The number of rotatable bonds is 2. The number of nitrogens with two attached hydrogens (primary N) is 1. The number of thiophene rings is 1. The molecule has 90 valence electrons. The smallest absolute Gasteiger partial charge is 0.0566 e. The molecule has 1 heterocycles. The highest BCUT2D eigenvalue weighted by atomic mass is 127. The minimum absolute atomic E-state index is 0.0434. The van der Waals surface area contributed by atoms with E-state index in [1.807, 2.05) is 0 Å². The SMILES string of the molecule is NC(c1ccc(I)cc1)c1csc2ccccc12. The third-order valence-corrected chi connectivity index (χ3v) is 4.78. The zero-order chi connectivity index (χ0) is 12.5. The predicted molar refractivity (Wildman–Crippen MR) is 87.0 cm³/mol. The summed E-state index contributed by atoms with van der Waals surface area (Å²) in [5.41, 5.74) is 8.77. The van der Waals surface area contributed by atoms with Crippen molar-refractivity contribution in [2.45, 2.75) is 6.04 Å². The van der Waals surface area contributed by atoms with Gasteiger partial charge in [-0.25, -0.2) is 0 Å². The molecule has 0 bridgehead atoms. The fraction of sp³-hybridized carbons (Fsp3) is 0.0667. The maximum atomic E-state index is 6.38. The summed E-state index contributed by atoms with van der Waals surface area (Å²) in [7, 11) is 0. The molecule has 1 unspecified atom stereocenters. The van der Waals surface area contributed by atoms with Crippen molar-refractivity contribution >= 4 is 44.0 Å². The minimum atomic E-state index is -0.0434. The number of halogens is 1. The molecular weight excluding hydrogens is 353 g/mol. The van der Waals surface area contributed by atoms with Crippen LogP contribution >= 0.6 is 33.9 Å². The third kappa shape index (κ3) is 2.18. The van der Waals surface area contributed by atoms with E-state index in [-0.39, 0.29) is 6.04 Å². The van der Waals surface area contributed by atoms with Crippen molar-refractivity contribution in [3.63, 3.8) is 0 Å². The fourth-order valence-electron chi connectivity index (χ4n) is 2.09. The molecule has 0 aliphatic heterocycles. The Kier molecular flexibility index (Phi) is 3.37. The summed E-state index contributed by atoms with van der Waals surface area (Å²) in [6.07, 6.45) is 0. The number of fused-ring (bicyclic) bond motifs is 1. The van der Waals surface area contributed by atoms with E-state index in [0.717, 1.165) is 0 Å². The molecule has 1 atom stereocenters. The van der Waals surface area contributed by atoms with Gasteiger partial charge in [-0.15, -0.1) is 11.3 Å². The first-order chi connectivity index (χ1) is 8.75. The zero-order valence-corrected chi connectivity index (χ0v) is 12.6. The molecule has 0 saturated carbocycles. The lowest BCUT2D eigenvalue weighted by atomic mass is 9.99. The molecule has 2 aromatic carbocycles. The van der Waals surface area contributed by atoms with Crippen LogP contribution in [0, 0.1) is 3.57 Å². The maximum Gasteiger partial charge on any atom is 0.0566 e. The summed E-state index contributed by atoms with van der Waals surface area (Å²) in [5, 5.41) is 3.45. The summed E-state index contributed by atoms with van der Waals surface area (Å²) in [6.45, 7) is 0. The molecular formula is C15H12INS. The topological polar surface area (TPSA) is 26.0 Å². The van der Waals surface area contributed by atoms with E-state index >= 15 is 0 Å². The van der Waals surface area contributed by atoms with Crippen molar-refractivity contribution in [1.29, 1.82) is 0 Å². The molecule has 0 amide bonds. The Morgan fingerprint density at radius 1 is 1.00 bits per heavy atom. The van der Waals surface area contributed by atoms with Gasteiger partial charge in [-0.05, 0) is 62.7 Å². The van der Waals surface area contributed by atoms with Gasteiger partial charge in [-0.1, -0.05) is 30.3 Å². The van der Waals surface area contributed by atoms with Crippen LogP contribution < -0.4 is 5.73 Å². The molecule has 3 heteroatoms. The van der Waals surface area contributed by atoms with Crippen molar-refractivity contribution in [2.24, 2.45) is 5.73 Å². The maximum absolute atomic E-state index is 6.38. The van der Waals surface area contributed by atoms with Crippen molar-refractivity contribution in [3.8, 4) is 0 Å². The van der Waals surface area contributed by atoms with Crippen LogP contribution in [0.2, 0.25) is 0 Å². The lowest BCUT2D eigenvalue weighted by Gasteiger charge is -2.11. The first-order valence-corrected chi connectivity index (χ1v) is 7.69. The van der Waals surface area contributed by atoms with E-state index in [1.54, 1.807) is 11.3 Å². The van der Waals surface area contributed by atoms with Gasteiger partial charge in [-0.3, -0.25) is 0 Å². The molecule has 1 aromatic heterocycles. The summed E-state index contributed by atoms with van der Waals surface area (Å²) >= 11 is 4.07. The van der Waals surface area contributed by atoms with E-state index in [0.29, 0.717) is 0 Å². The van der Waals surface area contributed by atoms with Crippen LogP contribution in [-0.4, -0.2) is 0 Å². The van der Waals surface area contributed by atoms with Crippen LogP contribution in [0.15, 0.2) is 53.9 Å². The van der Waals surface area contributed by atoms with E-state index in [9.17, 15) is 0 Å². The van der Waals surface area contributed by atoms with E-state index in [2.05, 4.69) is 76.5 Å². The Balaban J connectivity index is 2.06. The Morgan fingerprint density at radius 2 is 1.72 bits per heavy atom. The highest BCUT2D eigenvalue weighted by Gasteiger charge is 2.13. The minimum Gasteiger partial charge on any atom is -0.320 e. The molecule has 3 aromatic rings. The highest BCUT2D eigenvalue weighted by Crippen LogP contribution is 2.32. The third-order valence-electron chi connectivity index (χ3n) is 3.08. The molecule has 0 spiro atoms. The molecule has 0 aliphatic carbocycles. The van der Waals surface area contributed by atoms with Gasteiger partial charge < -0.3 is 5.73 Å². The summed E-state index contributed by atoms with van der Waals surface area (Å²) in [6, 6.07) is 16.8. The lowest BCUT2D eigenvalue weighted by Crippen LogP contribution is -2.11. The Hall–Kier alpha value is -0.910. The lowest BCUT2D eigenvalue weighted by molar-refractivity contribution is 0.884. The number of hydrogen-bond acceptors (Lipinski definition) is 2. The number of hydrogen-bond donors (Lipinski definition) is 1. The van der Waals surface area contributed by atoms with Crippen molar-refractivity contribution in [2.75, 3.05) is 0 Å². The predicted octanol–water partition coefficient (Wildman–Crippen LogP) is 4.55. The van der Waals surface area contributed by atoms with E-state index < -0.39 is 0 Å². The molecule has 18 heavy (non-hydrogen) atoms. The van der Waals surface area contributed by atoms with Crippen molar-refractivity contribution in [3.05, 3.63) is 68.6 Å². The Bertz CT molecular complexity index is 672. The average molecular weight is 365 g/mol. The first kappa shape index (κ1) is 12.1. The molecule has 2 N–H and O–H groups in total. The van der Waals surface area contributed by atoms with Crippen LogP contribution in [0.4, 0.5) is 0 Å². The normalized spacial score (nSPS) is 12.8. The van der Waals surface area contributed by atoms with Crippen LogP contribution in [0.3, 0.4) is 0 Å². The summed E-state index contributed by atoms with van der Waals surface area (Å²) in [4.78, 5) is 0. The molecule has 0 saturated heterocycles.